The number of hydrogen-bond donors (Lipinski definition) is 3. The topological polar surface area (TPSA) is 105 Å². The molecule has 0 fully saturated rings. The van der Waals surface area contributed by atoms with E-state index in [1.807, 2.05) is 0 Å². The fraction of sp³-hybridized carbons (Fsp3) is 0.182. The van der Waals surface area contributed by atoms with E-state index in [0.29, 0.717) is 10.8 Å². The van der Waals surface area contributed by atoms with Crippen LogP contribution in [0.4, 0.5) is 0 Å². The number of fused-ring (bicyclic) bond motifs is 1. The van der Waals surface area contributed by atoms with Crippen LogP contribution in [0.5, 0.6) is 0 Å². The van der Waals surface area contributed by atoms with Gasteiger partial charge in [0, 0.05) is 30.1 Å². The summed E-state index contributed by atoms with van der Waals surface area (Å²) >= 11 is 0. The van der Waals surface area contributed by atoms with Crippen LogP contribution in [-0.2, 0) is 10.0 Å². The zero-order valence-electron chi connectivity index (χ0n) is 10.9. The van der Waals surface area contributed by atoms with Crippen molar-refractivity contribution in [3.05, 3.63) is 40.8 Å². The summed E-state index contributed by atoms with van der Waals surface area (Å²) in [7, 11) is -3.65. The molecule has 0 atom stereocenters. The number of sulfonamides is 1. The number of rotatable bonds is 4. The summed E-state index contributed by atoms with van der Waals surface area (Å²) in [5.41, 5.74) is 4.95. The van der Waals surface area contributed by atoms with E-state index >= 15 is 0 Å². The largest absolute Gasteiger partial charge is 1.00 e. The Morgan fingerprint density at radius 1 is 1.20 bits per heavy atom. The first-order chi connectivity index (χ1) is 8.56. The van der Waals surface area contributed by atoms with Gasteiger partial charge in [-0.1, -0.05) is 6.07 Å². The maximum absolute atomic E-state index is 12.0. The second-order valence-electron chi connectivity index (χ2n) is 3.71. The van der Waals surface area contributed by atoms with Gasteiger partial charge in [0.05, 0.1) is 4.90 Å². The minimum atomic E-state index is -3.65. The molecule has 104 valence electrons. The van der Waals surface area contributed by atoms with Gasteiger partial charge in [-0.05, 0) is 18.2 Å². The minimum absolute atomic E-state index is 0. The number of pyridine rings is 1. The first-order valence-electron chi connectivity index (χ1n) is 5.36. The van der Waals surface area contributed by atoms with Crippen molar-refractivity contribution in [2.45, 2.75) is 4.90 Å². The third kappa shape index (κ3) is 4.05. The van der Waals surface area contributed by atoms with Crippen LogP contribution in [0, 0.1) is 0 Å². The molecule has 2 rings (SSSR count). The SMILES string of the molecule is NCCNS(=O)(=O)c1cccc2c(=O)[nH]ccc12.[Cl-].[Na+]. The van der Waals surface area contributed by atoms with Crippen LogP contribution >= 0.6 is 0 Å². The van der Waals surface area contributed by atoms with E-state index in [9.17, 15) is 13.2 Å². The molecule has 4 N–H and O–H groups in total. The summed E-state index contributed by atoms with van der Waals surface area (Å²) in [4.78, 5) is 14.2. The van der Waals surface area contributed by atoms with Gasteiger partial charge in [0.1, 0.15) is 0 Å². The van der Waals surface area contributed by atoms with Gasteiger partial charge in [0.15, 0.2) is 0 Å². The molecule has 20 heavy (non-hydrogen) atoms. The number of aromatic amines is 1. The third-order valence-corrected chi connectivity index (χ3v) is 4.02. The maximum Gasteiger partial charge on any atom is 1.00 e. The fourth-order valence-electron chi connectivity index (χ4n) is 1.70. The van der Waals surface area contributed by atoms with Crippen LogP contribution in [0.25, 0.3) is 10.8 Å². The molecule has 0 aliphatic carbocycles. The molecule has 2 aromatic rings. The molecule has 0 aliphatic rings. The van der Waals surface area contributed by atoms with Crippen LogP contribution in [0.15, 0.2) is 40.2 Å². The Morgan fingerprint density at radius 2 is 1.90 bits per heavy atom. The van der Waals surface area contributed by atoms with Crippen molar-refractivity contribution in [3.8, 4) is 0 Å². The Kier molecular flexibility index (Phi) is 7.97. The molecule has 0 amide bonds. The van der Waals surface area contributed by atoms with Crippen LogP contribution in [0.2, 0.25) is 0 Å². The average Bonchev–Trinajstić information content (AvgIpc) is 2.36. The van der Waals surface area contributed by atoms with Crippen LogP contribution < -0.4 is 58.0 Å². The van der Waals surface area contributed by atoms with Gasteiger partial charge < -0.3 is 23.1 Å². The third-order valence-electron chi connectivity index (χ3n) is 2.50. The van der Waals surface area contributed by atoms with E-state index in [1.54, 1.807) is 12.1 Å². The summed E-state index contributed by atoms with van der Waals surface area (Å²) in [5, 5.41) is 0.735. The number of benzene rings is 1. The minimum Gasteiger partial charge on any atom is -1.00 e. The van der Waals surface area contributed by atoms with E-state index in [4.69, 9.17) is 5.73 Å². The summed E-state index contributed by atoms with van der Waals surface area (Å²) in [5.74, 6) is 0. The molecular weight excluding hydrogens is 313 g/mol. The molecule has 9 heteroatoms. The van der Waals surface area contributed by atoms with E-state index in [-0.39, 0.29) is 65.5 Å². The standard InChI is InChI=1S/C11H13N3O3S.ClH.Na/c12-5-7-14-18(16,17)10-3-1-2-9-8(10)4-6-13-11(9)15;;/h1-4,6,14H,5,7,12H2,(H,13,15);1H;/q;;+1/p-1. The second kappa shape index (κ2) is 8.14. The molecule has 0 spiro atoms. The molecule has 1 aromatic carbocycles. The molecule has 1 aromatic heterocycles. The molecule has 0 unspecified atom stereocenters. The molecule has 0 saturated carbocycles. The predicted molar refractivity (Wildman–Crippen MR) is 68.8 cm³/mol. The van der Waals surface area contributed by atoms with Crippen LogP contribution in [-0.4, -0.2) is 26.5 Å². The molecule has 0 bridgehead atoms. The Labute approximate surface area is 144 Å². The summed E-state index contributed by atoms with van der Waals surface area (Å²) in [6.07, 6.45) is 1.42. The Hall–Kier alpha value is -0.410. The molecular formula is C11H13ClN3NaO3S. The summed E-state index contributed by atoms with van der Waals surface area (Å²) in [6, 6.07) is 6.14. The van der Waals surface area contributed by atoms with Gasteiger partial charge in [-0.3, -0.25) is 4.79 Å². The van der Waals surface area contributed by atoms with Crippen molar-refractivity contribution in [1.29, 1.82) is 0 Å². The van der Waals surface area contributed by atoms with Crippen molar-refractivity contribution in [2.75, 3.05) is 13.1 Å². The molecule has 0 radical (unpaired) electrons. The average molecular weight is 326 g/mol. The van der Waals surface area contributed by atoms with Gasteiger partial charge in [-0.2, -0.15) is 0 Å². The number of hydrogen-bond acceptors (Lipinski definition) is 4. The van der Waals surface area contributed by atoms with Crippen LogP contribution in [0.1, 0.15) is 0 Å². The normalized spacial score (nSPS) is 10.7. The van der Waals surface area contributed by atoms with E-state index in [2.05, 4.69) is 9.71 Å². The van der Waals surface area contributed by atoms with E-state index < -0.39 is 10.0 Å². The monoisotopic (exact) mass is 325 g/mol. The van der Waals surface area contributed by atoms with Gasteiger partial charge in [-0.15, -0.1) is 0 Å². The summed E-state index contributed by atoms with van der Waals surface area (Å²) in [6.45, 7) is 0.368. The zero-order valence-corrected chi connectivity index (χ0v) is 14.5. The first kappa shape index (κ1) is 19.6. The molecule has 0 aliphatic heterocycles. The van der Waals surface area contributed by atoms with Crippen LogP contribution in [0.3, 0.4) is 0 Å². The summed E-state index contributed by atoms with van der Waals surface area (Å²) < 4.78 is 26.4. The molecule has 1 heterocycles. The molecule has 0 saturated heterocycles. The van der Waals surface area contributed by atoms with Gasteiger partial charge in [0.2, 0.25) is 10.0 Å². The predicted octanol–water partition coefficient (Wildman–Crippen LogP) is -6.23. The smallest absolute Gasteiger partial charge is 1.00 e. The van der Waals surface area contributed by atoms with Gasteiger partial charge in [-0.25, -0.2) is 13.1 Å². The Bertz CT molecular complexity index is 733. The number of H-pyrrole nitrogens is 1. The Balaban J connectivity index is 0.00000180. The van der Waals surface area contributed by atoms with Crippen molar-refractivity contribution in [2.24, 2.45) is 5.73 Å². The second-order valence-corrected chi connectivity index (χ2v) is 5.45. The number of nitrogens with two attached hydrogens (primary N) is 1. The van der Waals surface area contributed by atoms with E-state index in [0.717, 1.165) is 0 Å². The Morgan fingerprint density at radius 3 is 2.55 bits per heavy atom. The van der Waals surface area contributed by atoms with Crippen molar-refractivity contribution in [1.82, 2.24) is 9.71 Å². The molecule has 6 nitrogen and oxygen atoms in total. The number of aromatic nitrogens is 1. The van der Waals surface area contributed by atoms with Gasteiger partial charge >= 0.3 is 29.6 Å². The zero-order chi connectivity index (χ0) is 13.2. The van der Waals surface area contributed by atoms with E-state index in [1.165, 1.54) is 18.3 Å². The fourth-order valence-corrected chi connectivity index (χ4v) is 2.97. The first-order valence-corrected chi connectivity index (χ1v) is 6.85. The van der Waals surface area contributed by atoms with Gasteiger partial charge in [0.25, 0.3) is 5.56 Å². The van der Waals surface area contributed by atoms with Crippen molar-refractivity contribution < 1.29 is 50.4 Å². The number of nitrogens with one attached hydrogen (secondary N) is 2. The van der Waals surface area contributed by atoms with Crippen molar-refractivity contribution >= 4 is 20.8 Å². The van der Waals surface area contributed by atoms with Crippen molar-refractivity contribution in [3.63, 3.8) is 0 Å². The maximum atomic E-state index is 12.0. The quantitative estimate of drug-likeness (QED) is 0.486. The number of halogens is 1.